The molecule has 0 saturated heterocycles. The zero-order valence-corrected chi connectivity index (χ0v) is 12.0. The Balaban J connectivity index is 1.90. The van der Waals surface area contributed by atoms with Crippen LogP contribution in [0, 0.1) is 0 Å². The number of fused-ring (bicyclic) bond motifs is 1. The number of hydrogen-bond donors (Lipinski definition) is 1. The van der Waals surface area contributed by atoms with Crippen LogP contribution < -0.4 is 5.32 Å². The smallest absolute Gasteiger partial charge is 0.147 e. The van der Waals surface area contributed by atoms with Crippen LogP contribution in [0.5, 0.6) is 0 Å². The molecule has 0 spiro atoms. The van der Waals surface area contributed by atoms with Crippen molar-refractivity contribution in [2.45, 2.75) is 32.6 Å². The number of nitrogens with zero attached hydrogens (tertiary/aromatic N) is 2. The van der Waals surface area contributed by atoms with Crippen molar-refractivity contribution in [3.05, 3.63) is 34.3 Å². The number of rotatable bonds is 4. The van der Waals surface area contributed by atoms with E-state index in [1.807, 2.05) is 7.05 Å². The molecular formula is C14H17N3OS. The van der Waals surface area contributed by atoms with Gasteiger partial charge < -0.3 is 10.1 Å². The molecule has 1 aromatic heterocycles. The highest BCUT2D eigenvalue weighted by Gasteiger charge is 2.16. The van der Waals surface area contributed by atoms with Gasteiger partial charge in [-0.25, -0.2) is 0 Å². The SMILES string of the molecule is CCC(NC)c1nnc(-c2ccc3c(c2)COC3)s1. The van der Waals surface area contributed by atoms with Gasteiger partial charge in [-0.3, -0.25) is 0 Å². The van der Waals surface area contributed by atoms with Crippen molar-refractivity contribution in [3.63, 3.8) is 0 Å². The molecule has 2 heterocycles. The van der Waals surface area contributed by atoms with Gasteiger partial charge in [-0.1, -0.05) is 30.4 Å². The minimum atomic E-state index is 0.295. The highest BCUT2D eigenvalue weighted by molar-refractivity contribution is 7.14. The molecule has 0 saturated carbocycles. The number of nitrogens with one attached hydrogen (secondary N) is 1. The third-order valence-corrected chi connectivity index (χ3v) is 4.55. The molecule has 2 aromatic rings. The topological polar surface area (TPSA) is 47.0 Å². The van der Waals surface area contributed by atoms with Crippen molar-refractivity contribution in [1.29, 1.82) is 0 Å². The fourth-order valence-electron chi connectivity index (χ4n) is 2.30. The lowest BCUT2D eigenvalue weighted by Gasteiger charge is -2.08. The van der Waals surface area contributed by atoms with Gasteiger partial charge in [-0.15, -0.1) is 10.2 Å². The summed E-state index contributed by atoms with van der Waals surface area (Å²) in [7, 11) is 1.96. The summed E-state index contributed by atoms with van der Waals surface area (Å²) < 4.78 is 5.44. The van der Waals surface area contributed by atoms with Gasteiger partial charge >= 0.3 is 0 Å². The van der Waals surface area contributed by atoms with Gasteiger partial charge in [0.2, 0.25) is 0 Å². The van der Waals surface area contributed by atoms with E-state index < -0.39 is 0 Å². The van der Waals surface area contributed by atoms with Crippen LogP contribution in [0.25, 0.3) is 10.6 Å². The molecule has 5 heteroatoms. The Kier molecular flexibility index (Phi) is 3.59. The van der Waals surface area contributed by atoms with E-state index in [2.05, 4.69) is 40.6 Å². The van der Waals surface area contributed by atoms with Gasteiger partial charge in [-0.05, 0) is 30.7 Å². The number of aromatic nitrogens is 2. The van der Waals surface area contributed by atoms with E-state index in [-0.39, 0.29) is 0 Å². The lowest BCUT2D eigenvalue weighted by molar-refractivity contribution is 0.134. The molecule has 1 N–H and O–H groups in total. The lowest BCUT2D eigenvalue weighted by Crippen LogP contribution is -2.14. The Labute approximate surface area is 116 Å². The largest absolute Gasteiger partial charge is 0.372 e. The van der Waals surface area contributed by atoms with Crippen LogP contribution >= 0.6 is 11.3 Å². The summed E-state index contributed by atoms with van der Waals surface area (Å²) in [5.41, 5.74) is 3.70. The summed E-state index contributed by atoms with van der Waals surface area (Å²) in [4.78, 5) is 0. The van der Waals surface area contributed by atoms with Crippen molar-refractivity contribution in [2.75, 3.05) is 7.05 Å². The van der Waals surface area contributed by atoms with Gasteiger partial charge in [0.05, 0.1) is 19.3 Å². The van der Waals surface area contributed by atoms with Crippen molar-refractivity contribution in [1.82, 2.24) is 15.5 Å². The third-order valence-electron chi connectivity index (χ3n) is 3.46. The average Bonchev–Trinajstić information content (AvgIpc) is 3.08. The molecule has 0 amide bonds. The number of ether oxygens (including phenoxy) is 1. The van der Waals surface area contributed by atoms with E-state index in [1.165, 1.54) is 11.1 Å². The Morgan fingerprint density at radius 1 is 1.32 bits per heavy atom. The standard InChI is InChI=1S/C14H17N3OS/c1-3-12(15-2)14-17-16-13(19-14)9-4-5-10-7-18-8-11(10)6-9/h4-6,12,15H,3,7-8H2,1-2H3. The fraction of sp³-hybridized carbons (Fsp3) is 0.429. The Hall–Kier alpha value is -1.30. The molecule has 4 nitrogen and oxygen atoms in total. The van der Waals surface area contributed by atoms with Gasteiger partial charge in [-0.2, -0.15) is 0 Å². The third kappa shape index (κ3) is 2.41. The van der Waals surface area contributed by atoms with E-state index in [1.54, 1.807) is 11.3 Å². The van der Waals surface area contributed by atoms with Gasteiger partial charge in [0.1, 0.15) is 10.0 Å². The molecule has 1 aliphatic heterocycles. The Morgan fingerprint density at radius 3 is 2.95 bits per heavy atom. The predicted octanol–water partition coefficient (Wildman–Crippen LogP) is 2.91. The lowest BCUT2D eigenvalue weighted by atomic mass is 10.1. The number of benzene rings is 1. The van der Waals surface area contributed by atoms with Crippen LogP contribution in [0.4, 0.5) is 0 Å². The molecule has 0 bridgehead atoms. The second-order valence-corrected chi connectivity index (χ2v) is 5.68. The van der Waals surface area contributed by atoms with E-state index in [9.17, 15) is 0 Å². The summed E-state index contributed by atoms with van der Waals surface area (Å²) >= 11 is 1.66. The molecule has 19 heavy (non-hydrogen) atoms. The fourth-order valence-corrected chi connectivity index (χ4v) is 3.33. The van der Waals surface area contributed by atoms with Crippen LogP contribution in [0.15, 0.2) is 18.2 Å². The Bertz CT molecular complexity index is 578. The highest BCUT2D eigenvalue weighted by Crippen LogP contribution is 2.31. The van der Waals surface area contributed by atoms with Crippen LogP contribution in [-0.4, -0.2) is 17.2 Å². The monoisotopic (exact) mass is 275 g/mol. The van der Waals surface area contributed by atoms with E-state index in [4.69, 9.17) is 4.74 Å². The summed E-state index contributed by atoms with van der Waals surface area (Å²) in [5, 5.41) is 13.9. The first-order valence-electron chi connectivity index (χ1n) is 6.52. The summed E-state index contributed by atoms with van der Waals surface area (Å²) in [6, 6.07) is 6.71. The molecule has 1 unspecified atom stereocenters. The maximum Gasteiger partial charge on any atom is 0.147 e. The first-order valence-corrected chi connectivity index (χ1v) is 7.34. The second-order valence-electron chi connectivity index (χ2n) is 4.67. The summed E-state index contributed by atoms with van der Waals surface area (Å²) in [6.07, 6.45) is 1.02. The maximum absolute atomic E-state index is 5.44. The molecule has 0 fully saturated rings. The van der Waals surface area contributed by atoms with Crippen molar-refractivity contribution in [2.24, 2.45) is 0 Å². The minimum Gasteiger partial charge on any atom is -0.372 e. The van der Waals surface area contributed by atoms with Crippen LogP contribution in [0.1, 0.15) is 35.5 Å². The molecular weight excluding hydrogens is 258 g/mol. The molecule has 1 aliphatic rings. The van der Waals surface area contributed by atoms with Crippen molar-refractivity contribution in [3.8, 4) is 10.6 Å². The molecule has 100 valence electrons. The average molecular weight is 275 g/mol. The first-order chi connectivity index (χ1) is 9.31. The normalized spacial score (nSPS) is 15.5. The second kappa shape index (κ2) is 5.36. The minimum absolute atomic E-state index is 0.295. The molecule has 1 aromatic carbocycles. The molecule has 0 aliphatic carbocycles. The van der Waals surface area contributed by atoms with E-state index >= 15 is 0 Å². The maximum atomic E-state index is 5.44. The van der Waals surface area contributed by atoms with Crippen LogP contribution in [0.2, 0.25) is 0 Å². The van der Waals surface area contributed by atoms with Crippen molar-refractivity contribution >= 4 is 11.3 Å². The van der Waals surface area contributed by atoms with E-state index in [0.717, 1.165) is 28.6 Å². The van der Waals surface area contributed by atoms with Crippen LogP contribution in [-0.2, 0) is 18.0 Å². The summed E-state index contributed by atoms with van der Waals surface area (Å²) in [5.74, 6) is 0. The predicted molar refractivity (Wildman–Crippen MR) is 75.9 cm³/mol. The quantitative estimate of drug-likeness (QED) is 0.932. The van der Waals surface area contributed by atoms with Gasteiger partial charge in [0.15, 0.2) is 0 Å². The van der Waals surface area contributed by atoms with E-state index in [0.29, 0.717) is 12.6 Å². The Morgan fingerprint density at radius 2 is 2.16 bits per heavy atom. The van der Waals surface area contributed by atoms with Gasteiger partial charge in [0, 0.05) is 5.56 Å². The number of hydrogen-bond acceptors (Lipinski definition) is 5. The molecule has 0 radical (unpaired) electrons. The summed E-state index contributed by atoms with van der Waals surface area (Å²) in [6.45, 7) is 3.59. The zero-order valence-electron chi connectivity index (χ0n) is 11.1. The first kappa shape index (κ1) is 12.7. The molecule has 1 atom stereocenters. The zero-order chi connectivity index (χ0) is 13.2. The van der Waals surface area contributed by atoms with Gasteiger partial charge in [0.25, 0.3) is 0 Å². The molecule has 3 rings (SSSR count). The van der Waals surface area contributed by atoms with Crippen molar-refractivity contribution < 1.29 is 4.74 Å². The highest BCUT2D eigenvalue weighted by atomic mass is 32.1. The van der Waals surface area contributed by atoms with Crippen LogP contribution in [0.3, 0.4) is 0 Å².